The van der Waals surface area contributed by atoms with Crippen LogP contribution in [-0.2, 0) is 4.79 Å². The van der Waals surface area contributed by atoms with Gasteiger partial charge in [-0.2, -0.15) is 0 Å². The van der Waals surface area contributed by atoms with Crippen LogP contribution >= 0.6 is 35.0 Å². The number of nitrogens with zero attached hydrogens (tertiary/aromatic N) is 4. The van der Waals surface area contributed by atoms with E-state index in [4.69, 9.17) is 23.2 Å². The second kappa shape index (κ2) is 7.51. The van der Waals surface area contributed by atoms with Gasteiger partial charge in [-0.3, -0.25) is 4.79 Å². The zero-order valence-corrected chi connectivity index (χ0v) is 14.5. The van der Waals surface area contributed by atoms with E-state index in [-0.39, 0.29) is 11.7 Å². The molecule has 0 radical (unpaired) electrons. The molecule has 9 heteroatoms. The highest BCUT2D eigenvalue weighted by Gasteiger charge is 2.22. The Bertz CT molecular complexity index is 702. The van der Waals surface area contributed by atoms with Crippen molar-refractivity contribution in [3.05, 3.63) is 28.2 Å². The van der Waals surface area contributed by atoms with Gasteiger partial charge in [0.1, 0.15) is 0 Å². The second-order valence-electron chi connectivity index (χ2n) is 5.31. The first-order valence-electron chi connectivity index (χ1n) is 7.29. The minimum Gasteiger partial charge on any atom is -0.324 e. The Kier molecular flexibility index (Phi) is 5.40. The van der Waals surface area contributed by atoms with Gasteiger partial charge in [0.2, 0.25) is 11.1 Å². The van der Waals surface area contributed by atoms with Gasteiger partial charge in [-0.1, -0.05) is 47.8 Å². The SMILES string of the molecule is O=C(CSc1nnnn1C1CCCC1)Nc1cc(Cl)ccc1Cl. The summed E-state index contributed by atoms with van der Waals surface area (Å²) in [6.45, 7) is 0. The lowest BCUT2D eigenvalue weighted by Crippen LogP contribution is -2.15. The quantitative estimate of drug-likeness (QED) is 0.808. The molecule has 1 saturated carbocycles. The Labute approximate surface area is 147 Å². The van der Waals surface area contributed by atoms with Crippen LogP contribution in [0.4, 0.5) is 5.69 Å². The van der Waals surface area contributed by atoms with Crippen LogP contribution in [0.15, 0.2) is 23.4 Å². The van der Waals surface area contributed by atoms with Crippen LogP contribution in [0.2, 0.25) is 10.0 Å². The average Bonchev–Trinajstić information content (AvgIpc) is 3.19. The van der Waals surface area contributed by atoms with E-state index in [1.54, 1.807) is 18.2 Å². The van der Waals surface area contributed by atoms with E-state index in [1.165, 1.54) is 24.6 Å². The van der Waals surface area contributed by atoms with Crippen molar-refractivity contribution in [1.29, 1.82) is 0 Å². The molecule has 1 N–H and O–H groups in total. The first-order valence-corrected chi connectivity index (χ1v) is 9.03. The molecule has 6 nitrogen and oxygen atoms in total. The van der Waals surface area contributed by atoms with Gasteiger partial charge in [-0.25, -0.2) is 4.68 Å². The van der Waals surface area contributed by atoms with Gasteiger partial charge < -0.3 is 5.32 Å². The van der Waals surface area contributed by atoms with Crippen molar-refractivity contribution < 1.29 is 4.79 Å². The molecule has 1 aromatic heterocycles. The lowest BCUT2D eigenvalue weighted by atomic mass is 10.3. The Morgan fingerprint density at radius 1 is 1.35 bits per heavy atom. The van der Waals surface area contributed by atoms with E-state index in [0.29, 0.717) is 26.9 Å². The fraction of sp³-hybridized carbons (Fsp3) is 0.429. The summed E-state index contributed by atoms with van der Waals surface area (Å²) in [5, 5.41) is 16.2. The number of hydrogen-bond acceptors (Lipinski definition) is 5. The molecule has 1 heterocycles. The van der Waals surface area contributed by atoms with Gasteiger partial charge in [-0.05, 0) is 41.5 Å². The molecule has 0 saturated heterocycles. The lowest BCUT2D eigenvalue weighted by molar-refractivity contribution is -0.113. The van der Waals surface area contributed by atoms with Crippen molar-refractivity contribution in [2.24, 2.45) is 0 Å². The normalized spacial score (nSPS) is 15.0. The second-order valence-corrected chi connectivity index (χ2v) is 7.09. The zero-order chi connectivity index (χ0) is 16.2. The van der Waals surface area contributed by atoms with E-state index in [0.717, 1.165) is 12.8 Å². The maximum absolute atomic E-state index is 12.1. The molecule has 1 fully saturated rings. The predicted octanol–water partition coefficient (Wildman–Crippen LogP) is 3.83. The molecule has 3 rings (SSSR count). The molecule has 1 aliphatic carbocycles. The highest BCUT2D eigenvalue weighted by atomic mass is 35.5. The predicted molar refractivity (Wildman–Crippen MR) is 91.1 cm³/mol. The molecule has 1 aliphatic rings. The fourth-order valence-electron chi connectivity index (χ4n) is 2.57. The number of amides is 1. The van der Waals surface area contributed by atoms with Gasteiger partial charge in [-0.15, -0.1) is 5.10 Å². The number of rotatable bonds is 5. The number of anilines is 1. The van der Waals surface area contributed by atoms with Gasteiger partial charge >= 0.3 is 0 Å². The van der Waals surface area contributed by atoms with Crippen LogP contribution in [0.25, 0.3) is 0 Å². The monoisotopic (exact) mass is 371 g/mol. The molecule has 1 amide bonds. The van der Waals surface area contributed by atoms with Gasteiger partial charge in [0, 0.05) is 5.02 Å². The molecular weight excluding hydrogens is 357 g/mol. The number of aromatic nitrogens is 4. The fourth-order valence-corrected chi connectivity index (χ4v) is 3.65. The third-order valence-electron chi connectivity index (χ3n) is 3.67. The molecule has 0 atom stereocenters. The number of thioether (sulfide) groups is 1. The number of benzene rings is 1. The number of carbonyl (C=O) groups excluding carboxylic acids is 1. The molecular formula is C14H15Cl2N5OS. The molecule has 0 aliphatic heterocycles. The standard InChI is InChI=1S/C14H15Cl2N5OS/c15-9-5-6-11(16)12(7-9)17-13(22)8-23-14-18-19-20-21(14)10-3-1-2-4-10/h5-7,10H,1-4,8H2,(H,17,22). The Hall–Kier alpha value is -1.31. The number of halogens is 2. The summed E-state index contributed by atoms with van der Waals surface area (Å²) in [4.78, 5) is 12.1. The largest absolute Gasteiger partial charge is 0.324 e. The van der Waals surface area contributed by atoms with Crippen molar-refractivity contribution in [3.8, 4) is 0 Å². The molecule has 2 aromatic rings. The van der Waals surface area contributed by atoms with E-state index < -0.39 is 0 Å². The Morgan fingerprint density at radius 2 is 2.13 bits per heavy atom. The average molecular weight is 372 g/mol. The molecule has 122 valence electrons. The summed E-state index contributed by atoms with van der Waals surface area (Å²) in [6, 6.07) is 5.28. The number of nitrogens with one attached hydrogen (secondary N) is 1. The van der Waals surface area contributed by atoms with Gasteiger partial charge in [0.05, 0.1) is 22.5 Å². The first kappa shape index (κ1) is 16.5. The van der Waals surface area contributed by atoms with E-state index in [9.17, 15) is 4.79 Å². The maximum Gasteiger partial charge on any atom is 0.234 e. The summed E-state index contributed by atoms with van der Waals surface area (Å²) in [7, 11) is 0. The Balaban J connectivity index is 1.59. The van der Waals surface area contributed by atoms with Crippen LogP contribution in [0.3, 0.4) is 0 Å². The Morgan fingerprint density at radius 3 is 2.91 bits per heavy atom. The van der Waals surface area contributed by atoms with E-state index >= 15 is 0 Å². The lowest BCUT2D eigenvalue weighted by Gasteiger charge is -2.11. The third kappa shape index (κ3) is 4.16. The molecule has 0 spiro atoms. The summed E-state index contributed by atoms with van der Waals surface area (Å²) in [5.41, 5.74) is 0.500. The summed E-state index contributed by atoms with van der Waals surface area (Å²) >= 11 is 13.3. The van der Waals surface area contributed by atoms with Crippen LogP contribution in [0.5, 0.6) is 0 Å². The van der Waals surface area contributed by atoms with E-state index in [1.807, 2.05) is 4.68 Å². The molecule has 1 aromatic carbocycles. The number of tetrazole rings is 1. The van der Waals surface area contributed by atoms with Crippen molar-refractivity contribution >= 4 is 46.6 Å². The number of hydrogen-bond donors (Lipinski definition) is 1. The summed E-state index contributed by atoms with van der Waals surface area (Å²) in [5.74, 6) is 0.0239. The van der Waals surface area contributed by atoms with Crippen molar-refractivity contribution in [3.63, 3.8) is 0 Å². The minimum absolute atomic E-state index is 0.180. The minimum atomic E-state index is -0.180. The molecule has 23 heavy (non-hydrogen) atoms. The van der Waals surface area contributed by atoms with Crippen molar-refractivity contribution in [2.75, 3.05) is 11.1 Å². The van der Waals surface area contributed by atoms with Crippen molar-refractivity contribution in [1.82, 2.24) is 20.2 Å². The van der Waals surface area contributed by atoms with Crippen LogP contribution < -0.4 is 5.32 Å². The van der Waals surface area contributed by atoms with Crippen LogP contribution in [-0.4, -0.2) is 31.9 Å². The summed E-state index contributed by atoms with van der Waals surface area (Å²) < 4.78 is 1.83. The number of carbonyl (C=O) groups is 1. The maximum atomic E-state index is 12.1. The van der Waals surface area contributed by atoms with Gasteiger partial charge in [0.15, 0.2) is 0 Å². The molecule has 0 unspecified atom stereocenters. The highest BCUT2D eigenvalue weighted by Crippen LogP contribution is 2.31. The first-order chi connectivity index (χ1) is 11.1. The molecule has 0 bridgehead atoms. The third-order valence-corrected chi connectivity index (χ3v) is 5.17. The summed E-state index contributed by atoms with van der Waals surface area (Å²) in [6.07, 6.45) is 4.57. The van der Waals surface area contributed by atoms with Crippen LogP contribution in [0, 0.1) is 0 Å². The van der Waals surface area contributed by atoms with Crippen LogP contribution in [0.1, 0.15) is 31.7 Å². The topological polar surface area (TPSA) is 72.7 Å². The van der Waals surface area contributed by atoms with Gasteiger partial charge in [0.25, 0.3) is 0 Å². The zero-order valence-electron chi connectivity index (χ0n) is 12.2. The van der Waals surface area contributed by atoms with Crippen molar-refractivity contribution in [2.45, 2.75) is 36.9 Å². The smallest absolute Gasteiger partial charge is 0.234 e. The van der Waals surface area contributed by atoms with E-state index in [2.05, 4.69) is 20.8 Å². The highest BCUT2D eigenvalue weighted by molar-refractivity contribution is 7.99.